The van der Waals surface area contributed by atoms with Crippen LogP contribution >= 0.6 is 0 Å². The van der Waals surface area contributed by atoms with Crippen molar-refractivity contribution >= 4 is 22.0 Å². The molecule has 1 unspecified atom stereocenters. The summed E-state index contributed by atoms with van der Waals surface area (Å²) < 4.78 is 25.6. The molecule has 1 atom stereocenters. The maximum absolute atomic E-state index is 12.5. The summed E-state index contributed by atoms with van der Waals surface area (Å²) in [6, 6.07) is -0.189. The van der Waals surface area contributed by atoms with Crippen molar-refractivity contribution in [1.29, 1.82) is 0 Å². The van der Waals surface area contributed by atoms with Gasteiger partial charge in [-0.15, -0.1) is 0 Å². The van der Waals surface area contributed by atoms with Gasteiger partial charge in [0, 0.05) is 57.6 Å². The highest BCUT2D eigenvalue weighted by atomic mass is 32.2. The van der Waals surface area contributed by atoms with Gasteiger partial charge in [0.1, 0.15) is 0 Å². The lowest BCUT2D eigenvalue weighted by molar-refractivity contribution is -0.127. The molecule has 1 spiro atoms. The minimum atomic E-state index is -3.38. The van der Waals surface area contributed by atoms with Crippen LogP contribution in [-0.4, -0.2) is 86.5 Å². The number of carbonyl (C=O) groups is 2. The summed E-state index contributed by atoms with van der Waals surface area (Å²) in [4.78, 5) is 28.2. The van der Waals surface area contributed by atoms with E-state index in [-0.39, 0.29) is 31.4 Å². The van der Waals surface area contributed by atoms with Crippen LogP contribution in [0.3, 0.4) is 0 Å². The van der Waals surface area contributed by atoms with Crippen molar-refractivity contribution < 1.29 is 18.0 Å². The molecule has 2 aliphatic heterocycles. The van der Waals surface area contributed by atoms with E-state index < -0.39 is 15.4 Å². The number of urea groups is 1. The molecule has 0 aliphatic carbocycles. The summed E-state index contributed by atoms with van der Waals surface area (Å²) in [7, 11) is -3.38. The third kappa shape index (κ3) is 4.84. The fourth-order valence-corrected chi connectivity index (χ4v) is 4.48. The fraction of sp³-hybridized carbons (Fsp3) is 0.875. The highest BCUT2D eigenvalue weighted by Crippen LogP contribution is 2.35. The molecule has 3 amide bonds. The van der Waals surface area contributed by atoms with Crippen molar-refractivity contribution in [2.75, 3.05) is 52.1 Å². The molecule has 0 aromatic carbocycles. The quantitative estimate of drug-likeness (QED) is 0.759. The van der Waals surface area contributed by atoms with Gasteiger partial charge < -0.3 is 15.1 Å². The lowest BCUT2D eigenvalue weighted by atomic mass is 9.86. The summed E-state index contributed by atoms with van der Waals surface area (Å²) >= 11 is 0. The number of rotatable bonds is 4. The van der Waals surface area contributed by atoms with Gasteiger partial charge in [-0.2, -0.15) is 4.31 Å². The van der Waals surface area contributed by atoms with Crippen molar-refractivity contribution in [3.8, 4) is 0 Å². The Hall–Kier alpha value is -1.35. The van der Waals surface area contributed by atoms with Crippen LogP contribution in [0.1, 0.15) is 27.2 Å². The van der Waals surface area contributed by atoms with Crippen molar-refractivity contribution in [2.45, 2.75) is 27.2 Å². The largest absolute Gasteiger partial charge is 0.342 e. The molecule has 144 valence electrons. The van der Waals surface area contributed by atoms with Crippen molar-refractivity contribution in [2.24, 2.45) is 11.3 Å². The maximum atomic E-state index is 12.5. The predicted molar refractivity (Wildman–Crippen MR) is 95.5 cm³/mol. The Morgan fingerprint density at radius 3 is 2.44 bits per heavy atom. The number of carbonyl (C=O) groups excluding carboxylic acids is 2. The second-order valence-corrected chi connectivity index (χ2v) is 9.67. The van der Waals surface area contributed by atoms with E-state index in [1.54, 1.807) is 9.80 Å². The van der Waals surface area contributed by atoms with Crippen LogP contribution in [0.4, 0.5) is 4.79 Å². The number of likely N-dealkylation sites (tertiary alicyclic amines) is 1. The molecule has 0 aromatic heterocycles. The molecule has 2 saturated heterocycles. The van der Waals surface area contributed by atoms with Gasteiger partial charge in [0.15, 0.2) is 0 Å². The van der Waals surface area contributed by atoms with Gasteiger partial charge in [-0.1, -0.05) is 13.8 Å². The van der Waals surface area contributed by atoms with E-state index in [1.165, 1.54) is 10.6 Å². The van der Waals surface area contributed by atoms with Crippen LogP contribution in [0.2, 0.25) is 0 Å². The molecule has 0 bridgehead atoms. The molecule has 8 nitrogen and oxygen atoms in total. The van der Waals surface area contributed by atoms with Gasteiger partial charge >= 0.3 is 6.03 Å². The van der Waals surface area contributed by atoms with E-state index in [0.717, 1.165) is 0 Å². The zero-order valence-electron chi connectivity index (χ0n) is 15.6. The standard InChI is InChI=1S/C16H30N4O4S/c1-5-18-10-16(8-14(18)21)11-19(15(22)17-9-13(2)3)6-7-20(12-16)25(4,23)24/h13H,5-12H2,1-4H3,(H,17,22). The topological polar surface area (TPSA) is 90.0 Å². The second kappa shape index (κ2) is 7.49. The van der Waals surface area contributed by atoms with Gasteiger partial charge in [-0.05, 0) is 12.8 Å². The molecule has 0 saturated carbocycles. The number of nitrogens with one attached hydrogen (secondary N) is 1. The lowest BCUT2D eigenvalue weighted by Gasteiger charge is -2.33. The molecule has 9 heteroatoms. The predicted octanol–water partition coefficient (Wildman–Crippen LogP) is 0.168. The average molecular weight is 375 g/mol. The Kier molecular flexibility index (Phi) is 5.98. The average Bonchev–Trinajstić information content (AvgIpc) is 2.69. The zero-order valence-corrected chi connectivity index (χ0v) is 16.4. The highest BCUT2D eigenvalue weighted by Gasteiger charge is 2.48. The van der Waals surface area contributed by atoms with E-state index >= 15 is 0 Å². The molecule has 2 aliphatic rings. The zero-order chi connectivity index (χ0) is 18.8. The van der Waals surface area contributed by atoms with Crippen molar-refractivity contribution in [3.05, 3.63) is 0 Å². The maximum Gasteiger partial charge on any atom is 0.317 e. The first-order valence-corrected chi connectivity index (χ1v) is 10.7. The molecule has 2 rings (SSSR count). The Balaban J connectivity index is 2.23. The molecule has 1 N–H and O–H groups in total. The third-order valence-corrected chi connectivity index (χ3v) is 6.11. The van der Waals surface area contributed by atoms with Crippen LogP contribution < -0.4 is 5.32 Å². The van der Waals surface area contributed by atoms with E-state index in [2.05, 4.69) is 5.32 Å². The minimum absolute atomic E-state index is 0.0281. The van der Waals surface area contributed by atoms with Crippen molar-refractivity contribution in [1.82, 2.24) is 19.4 Å². The SMILES string of the molecule is CCN1CC2(CC1=O)CN(C(=O)NCC(C)C)CCN(S(C)(=O)=O)C2. The van der Waals surface area contributed by atoms with Crippen LogP contribution in [0.25, 0.3) is 0 Å². The summed E-state index contributed by atoms with van der Waals surface area (Å²) in [5.74, 6) is 0.362. The van der Waals surface area contributed by atoms with Gasteiger partial charge in [0.25, 0.3) is 0 Å². The van der Waals surface area contributed by atoms with E-state index in [4.69, 9.17) is 0 Å². The van der Waals surface area contributed by atoms with Crippen LogP contribution in [0, 0.1) is 11.3 Å². The lowest BCUT2D eigenvalue weighted by Crippen LogP contribution is -2.48. The number of hydrogen-bond donors (Lipinski definition) is 1. The normalized spacial score (nSPS) is 25.7. The Labute approximate surface area is 150 Å². The molecular weight excluding hydrogens is 344 g/mol. The first-order chi connectivity index (χ1) is 11.6. The molecular formula is C16H30N4O4S. The van der Waals surface area contributed by atoms with E-state index in [0.29, 0.717) is 38.6 Å². The Morgan fingerprint density at radius 1 is 1.24 bits per heavy atom. The molecule has 25 heavy (non-hydrogen) atoms. The smallest absolute Gasteiger partial charge is 0.317 e. The first-order valence-electron chi connectivity index (χ1n) is 8.82. The monoisotopic (exact) mass is 374 g/mol. The van der Waals surface area contributed by atoms with Gasteiger partial charge in [-0.25, -0.2) is 13.2 Å². The summed E-state index contributed by atoms with van der Waals surface area (Å²) in [5.41, 5.74) is -0.540. The van der Waals surface area contributed by atoms with Gasteiger partial charge in [0.2, 0.25) is 15.9 Å². The summed E-state index contributed by atoms with van der Waals surface area (Å²) in [5, 5.41) is 2.90. The summed E-state index contributed by atoms with van der Waals surface area (Å²) in [6.07, 6.45) is 1.46. The number of hydrogen-bond acceptors (Lipinski definition) is 4. The fourth-order valence-electron chi connectivity index (χ4n) is 3.56. The van der Waals surface area contributed by atoms with Crippen LogP contribution in [0.15, 0.2) is 0 Å². The summed E-state index contributed by atoms with van der Waals surface area (Å²) in [6.45, 7) is 8.87. The number of amides is 3. The van der Waals surface area contributed by atoms with Gasteiger partial charge in [0.05, 0.1) is 6.26 Å². The third-order valence-electron chi connectivity index (χ3n) is 4.86. The number of nitrogens with zero attached hydrogens (tertiary/aromatic N) is 3. The minimum Gasteiger partial charge on any atom is -0.342 e. The Bertz CT molecular complexity index is 622. The first kappa shape index (κ1) is 20.0. The Morgan fingerprint density at radius 2 is 1.92 bits per heavy atom. The van der Waals surface area contributed by atoms with Gasteiger partial charge in [-0.3, -0.25) is 4.79 Å². The molecule has 2 heterocycles. The second-order valence-electron chi connectivity index (χ2n) is 7.68. The molecule has 0 aromatic rings. The van der Waals surface area contributed by atoms with E-state index in [1.807, 2.05) is 20.8 Å². The van der Waals surface area contributed by atoms with Crippen LogP contribution in [0.5, 0.6) is 0 Å². The van der Waals surface area contributed by atoms with E-state index in [9.17, 15) is 18.0 Å². The highest BCUT2D eigenvalue weighted by molar-refractivity contribution is 7.88. The van der Waals surface area contributed by atoms with Crippen molar-refractivity contribution in [3.63, 3.8) is 0 Å². The molecule has 2 fully saturated rings. The van der Waals surface area contributed by atoms with Crippen LogP contribution in [-0.2, 0) is 14.8 Å². The number of sulfonamides is 1. The molecule has 0 radical (unpaired) electrons.